The van der Waals surface area contributed by atoms with E-state index in [1.165, 1.54) is 0 Å². The Labute approximate surface area is 131 Å². The van der Waals surface area contributed by atoms with Crippen molar-refractivity contribution in [2.75, 3.05) is 7.11 Å². The van der Waals surface area contributed by atoms with Crippen LogP contribution in [0.3, 0.4) is 0 Å². The number of halogens is 1. The smallest absolute Gasteiger partial charge is 0.430 e. The minimum atomic E-state index is -0.750. The number of ether oxygens (including phenoxy) is 1. The van der Waals surface area contributed by atoms with Gasteiger partial charge in [-0.3, -0.25) is 0 Å². The Kier molecular flexibility index (Phi) is 6.51. The largest absolute Gasteiger partial charge is 0.499 e. The summed E-state index contributed by atoms with van der Waals surface area (Å²) in [6.07, 6.45) is 0. The lowest BCUT2D eigenvalue weighted by Gasteiger charge is -2.32. The van der Waals surface area contributed by atoms with Crippen LogP contribution in [-0.4, -0.2) is 48.1 Å². The van der Waals surface area contributed by atoms with Crippen molar-refractivity contribution in [2.24, 2.45) is 0 Å². The lowest BCUT2D eigenvalue weighted by atomic mass is 9.80. The number of nitrogens with zero attached hydrogens (tertiary/aromatic N) is 1. The number of pyridine rings is 1. The summed E-state index contributed by atoms with van der Waals surface area (Å²) in [7, 11) is 0.0657. The topological polar surface area (TPSA) is 81.0 Å². The van der Waals surface area contributed by atoms with Gasteiger partial charge in [-0.15, -0.1) is 0 Å². The number of hydrogen-bond donors (Lipinski definition) is 2. The predicted octanol–water partition coefficient (Wildman–Crippen LogP) is -0.0962. The molecule has 2 rings (SSSR count). The van der Waals surface area contributed by atoms with Crippen LogP contribution in [0.15, 0.2) is 12.1 Å². The SMILES string of the molecule is COCc1ccc(B2OC(C)(C)C(C)(C)O2)c(F)n1.OBO. The predicted molar refractivity (Wildman–Crippen MR) is 82.2 cm³/mol. The molecule has 9 heteroatoms. The maximum atomic E-state index is 14.0. The number of methoxy groups -OCH3 is 1. The Morgan fingerprint density at radius 3 is 2.14 bits per heavy atom. The lowest BCUT2D eigenvalue weighted by Crippen LogP contribution is -2.41. The highest BCUT2D eigenvalue weighted by molar-refractivity contribution is 6.62. The summed E-state index contributed by atoms with van der Waals surface area (Å²) >= 11 is 0. The van der Waals surface area contributed by atoms with Crippen molar-refractivity contribution in [3.05, 3.63) is 23.8 Å². The molecule has 0 unspecified atom stereocenters. The Balaban J connectivity index is 0.000000745. The second-order valence-electron chi connectivity index (χ2n) is 5.85. The van der Waals surface area contributed by atoms with Gasteiger partial charge in [0.1, 0.15) is 0 Å². The fraction of sp³-hybridized carbons (Fsp3) is 0.615. The van der Waals surface area contributed by atoms with E-state index in [4.69, 9.17) is 24.1 Å². The molecule has 0 saturated carbocycles. The van der Waals surface area contributed by atoms with Gasteiger partial charge in [0.2, 0.25) is 5.95 Å². The molecule has 0 aromatic carbocycles. The monoisotopic (exact) mass is 313 g/mol. The van der Waals surface area contributed by atoms with Crippen molar-refractivity contribution < 1.29 is 28.5 Å². The first-order chi connectivity index (χ1) is 10.2. The van der Waals surface area contributed by atoms with E-state index < -0.39 is 32.0 Å². The van der Waals surface area contributed by atoms with Crippen LogP contribution < -0.4 is 5.46 Å². The molecule has 1 aromatic rings. The molecule has 6 nitrogen and oxygen atoms in total. The molecule has 0 aliphatic carbocycles. The molecule has 0 atom stereocenters. The molecule has 0 radical (unpaired) electrons. The minimum Gasteiger partial charge on any atom is -0.430 e. The van der Waals surface area contributed by atoms with Crippen LogP contribution in [0.2, 0.25) is 0 Å². The highest BCUT2D eigenvalue weighted by Crippen LogP contribution is 2.36. The first-order valence-corrected chi connectivity index (χ1v) is 6.90. The molecule has 2 heterocycles. The van der Waals surface area contributed by atoms with Gasteiger partial charge in [-0.1, -0.05) is 6.07 Å². The number of aromatic nitrogens is 1. The van der Waals surface area contributed by atoms with Crippen LogP contribution in [-0.2, 0) is 20.7 Å². The zero-order chi connectivity index (χ0) is 17.0. The zero-order valence-corrected chi connectivity index (χ0v) is 13.6. The van der Waals surface area contributed by atoms with Crippen molar-refractivity contribution in [2.45, 2.75) is 45.5 Å². The number of hydrogen-bond acceptors (Lipinski definition) is 6. The Morgan fingerprint density at radius 2 is 1.73 bits per heavy atom. The summed E-state index contributed by atoms with van der Waals surface area (Å²) in [4.78, 5) is 3.85. The number of rotatable bonds is 3. The van der Waals surface area contributed by atoms with Gasteiger partial charge in [0.25, 0.3) is 0 Å². The van der Waals surface area contributed by atoms with E-state index in [-0.39, 0.29) is 6.61 Å². The Bertz CT molecular complexity index is 485. The van der Waals surface area contributed by atoms with Crippen LogP contribution in [0.1, 0.15) is 33.4 Å². The van der Waals surface area contributed by atoms with E-state index in [2.05, 4.69) is 4.98 Å². The fourth-order valence-electron chi connectivity index (χ4n) is 1.86. The van der Waals surface area contributed by atoms with Crippen LogP contribution >= 0.6 is 0 Å². The van der Waals surface area contributed by atoms with Crippen LogP contribution in [0.4, 0.5) is 4.39 Å². The molecular formula is C13H22B2FNO5. The average Bonchev–Trinajstić information content (AvgIpc) is 2.59. The van der Waals surface area contributed by atoms with Gasteiger partial charge in [0, 0.05) is 12.6 Å². The first kappa shape index (κ1) is 19.1. The molecular weight excluding hydrogens is 291 g/mol. The molecule has 1 aliphatic rings. The summed E-state index contributed by atoms with van der Waals surface area (Å²) in [5.41, 5.74) is -0.122. The third-order valence-electron chi connectivity index (χ3n) is 3.73. The highest BCUT2D eigenvalue weighted by Gasteiger charge is 2.52. The van der Waals surface area contributed by atoms with Crippen molar-refractivity contribution in [3.63, 3.8) is 0 Å². The van der Waals surface area contributed by atoms with E-state index in [0.29, 0.717) is 11.2 Å². The van der Waals surface area contributed by atoms with Gasteiger partial charge in [-0.2, -0.15) is 4.39 Å². The maximum Gasteiger partial charge on any atom is 0.499 e. The molecule has 1 saturated heterocycles. The molecule has 0 amide bonds. The van der Waals surface area contributed by atoms with Gasteiger partial charge in [-0.25, -0.2) is 4.98 Å². The third kappa shape index (κ3) is 4.27. The van der Waals surface area contributed by atoms with E-state index in [0.717, 1.165) is 0 Å². The minimum absolute atomic E-state index is 0.278. The third-order valence-corrected chi connectivity index (χ3v) is 3.73. The van der Waals surface area contributed by atoms with E-state index in [9.17, 15) is 4.39 Å². The second kappa shape index (κ2) is 7.52. The second-order valence-corrected chi connectivity index (χ2v) is 5.85. The van der Waals surface area contributed by atoms with Crippen molar-refractivity contribution >= 4 is 20.3 Å². The molecule has 0 spiro atoms. The van der Waals surface area contributed by atoms with Crippen LogP contribution in [0, 0.1) is 5.95 Å². The molecule has 1 fully saturated rings. The molecule has 1 aromatic heterocycles. The standard InChI is InChI=1S/C13H19BFNO3.BH3O2/c1-12(2)13(3,4)19-14(18-12)10-7-6-9(8-17-5)16-11(10)15;2-1-3/h6-7H,8H2,1-5H3;1-3H. The van der Waals surface area contributed by atoms with Gasteiger partial charge in [0.05, 0.1) is 23.5 Å². The average molecular weight is 313 g/mol. The Morgan fingerprint density at radius 1 is 1.23 bits per heavy atom. The van der Waals surface area contributed by atoms with Gasteiger partial charge in [-0.05, 0) is 33.8 Å². The molecule has 22 heavy (non-hydrogen) atoms. The van der Waals surface area contributed by atoms with Crippen molar-refractivity contribution in [1.29, 1.82) is 0 Å². The summed E-state index contributed by atoms with van der Waals surface area (Å²) in [6, 6.07) is 3.35. The van der Waals surface area contributed by atoms with Gasteiger partial charge >= 0.3 is 14.8 Å². The lowest BCUT2D eigenvalue weighted by molar-refractivity contribution is 0.00578. The summed E-state index contributed by atoms with van der Waals surface area (Å²) in [5, 5.41) is 14.2. The van der Waals surface area contributed by atoms with Crippen molar-refractivity contribution in [1.82, 2.24) is 4.98 Å². The van der Waals surface area contributed by atoms with E-state index in [1.54, 1.807) is 19.2 Å². The van der Waals surface area contributed by atoms with Crippen molar-refractivity contribution in [3.8, 4) is 0 Å². The molecule has 122 valence electrons. The molecule has 1 aliphatic heterocycles. The first-order valence-electron chi connectivity index (χ1n) is 6.90. The quantitative estimate of drug-likeness (QED) is 0.599. The normalized spacial score (nSPS) is 18.6. The zero-order valence-electron chi connectivity index (χ0n) is 13.6. The van der Waals surface area contributed by atoms with Gasteiger partial charge < -0.3 is 24.1 Å². The van der Waals surface area contributed by atoms with E-state index in [1.807, 2.05) is 27.7 Å². The van der Waals surface area contributed by atoms with Gasteiger partial charge in [0.15, 0.2) is 0 Å². The maximum absolute atomic E-state index is 14.0. The summed E-state index contributed by atoms with van der Waals surface area (Å²) in [6.45, 7) is 7.99. The Hall–Kier alpha value is -0.990. The summed E-state index contributed by atoms with van der Waals surface area (Å²) in [5.74, 6) is -0.576. The highest BCUT2D eigenvalue weighted by atomic mass is 19.1. The molecule has 0 bridgehead atoms. The van der Waals surface area contributed by atoms with Crippen LogP contribution in [0.5, 0.6) is 0 Å². The summed E-state index contributed by atoms with van der Waals surface area (Å²) < 4.78 is 30.5. The van der Waals surface area contributed by atoms with Crippen LogP contribution in [0.25, 0.3) is 0 Å². The van der Waals surface area contributed by atoms with E-state index >= 15 is 0 Å². The molecule has 2 N–H and O–H groups in total. The fourth-order valence-corrected chi connectivity index (χ4v) is 1.86.